The molecular weight excluding hydrogens is 765 g/mol. The van der Waals surface area contributed by atoms with Gasteiger partial charge in [-0.05, 0) is 101 Å². The molecule has 0 amide bonds. The second-order valence-corrected chi connectivity index (χ2v) is 23.3. The maximum Gasteiger partial charge on any atom is 0.208 e. The van der Waals surface area contributed by atoms with Gasteiger partial charge in [-0.25, -0.2) is 0 Å². The molecule has 0 N–H and O–H groups in total. The van der Waals surface area contributed by atoms with E-state index in [4.69, 9.17) is 0 Å². The van der Waals surface area contributed by atoms with Crippen LogP contribution in [0.25, 0.3) is 21.9 Å². The normalized spacial score (nSPS) is 13.4. The van der Waals surface area contributed by atoms with Gasteiger partial charge in [0.1, 0.15) is 0 Å². The topological polar surface area (TPSA) is 7.12 Å². The first kappa shape index (κ1) is 39.3. The van der Waals surface area contributed by atoms with Crippen LogP contribution in [0.4, 0.5) is 17.1 Å². The van der Waals surface area contributed by atoms with Gasteiger partial charge in [-0.3, -0.25) is 0 Å². The predicted octanol–water partition coefficient (Wildman–Crippen LogP) is 14.1. The quantitative estimate of drug-likeness (QED) is 0.104. The van der Waals surface area contributed by atoms with Crippen molar-refractivity contribution in [2.24, 2.45) is 0 Å². The van der Waals surface area contributed by atoms with Crippen molar-refractivity contribution in [2.75, 3.05) is 4.90 Å². The van der Waals surface area contributed by atoms with Gasteiger partial charge in [0.2, 0.25) is 6.04 Å². The summed E-state index contributed by atoms with van der Waals surface area (Å²) in [5.41, 5.74) is 16.7. The summed E-state index contributed by atoms with van der Waals surface area (Å²) in [6, 6.07) is 73.2. The SMILES string of the molecule is Cc1ccc(C(c2ccc3c(c2)C(c2ccccc2)(c2ccccc2)c2cc(N(c4ccc(C)cc4)c4ccc(C)cc4)c4ccccc4c2-3)[n+]2ccc([Si](C)(C)C)cc2)cc1. The Balaban J connectivity index is 1.30. The van der Waals surface area contributed by atoms with Gasteiger partial charge in [-0.2, -0.15) is 4.57 Å². The fourth-order valence-corrected chi connectivity index (χ4v) is 11.1. The molecule has 10 rings (SSSR count). The molecule has 0 saturated heterocycles. The van der Waals surface area contributed by atoms with Crippen molar-refractivity contribution in [3.63, 3.8) is 0 Å². The van der Waals surface area contributed by atoms with E-state index in [0.29, 0.717) is 0 Å². The molecule has 1 aliphatic carbocycles. The molecule has 9 aromatic rings. The summed E-state index contributed by atoms with van der Waals surface area (Å²) in [5, 5.41) is 3.93. The Morgan fingerprint density at radius 3 is 1.48 bits per heavy atom. The number of aromatic nitrogens is 1. The molecule has 1 aromatic heterocycles. The second kappa shape index (κ2) is 15.6. The first-order chi connectivity index (χ1) is 30.1. The van der Waals surface area contributed by atoms with Gasteiger partial charge in [-0.1, -0.05) is 182 Å². The predicted molar refractivity (Wildman–Crippen MR) is 263 cm³/mol. The van der Waals surface area contributed by atoms with E-state index in [1.165, 1.54) is 77.2 Å². The average Bonchev–Trinajstić information content (AvgIpc) is 3.59. The zero-order chi connectivity index (χ0) is 42.6. The molecular formula is C59H53N2Si+. The van der Waals surface area contributed by atoms with Crippen LogP contribution < -0.4 is 14.7 Å². The fourth-order valence-electron chi connectivity index (χ4n) is 9.91. The van der Waals surface area contributed by atoms with Crippen molar-refractivity contribution < 1.29 is 4.57 Å². The minimum Gasteiger partial charge on any atom is -0.310 e. The van der Waals surface area contributed by atoms with Crippen LogP contribution in [0.2, 0.25) is 19.6 Å². The molecule has 1 unspecified atom stereocenters. The maximum atomic E-state index is 2.55. The van der Waals surface area contributed by atoms with E-state index in [0.717, 1.165) is 17.1 Å². The number of hydrogen-bond acceptors (Lipinski definition) is 1. The van der Waals surface area contributed by atoms with Crippen molar-refractivity contribution in [3.05, 3.63) is 257 Å². The lowest BCUT2D eigenvalue weighted by Gasteiger charge is -2.35. The van der Waals surface area contributed by atoms with E-state index in [1.807, 2.05) is 0 Å². The van der Waals surface area contributed by atoms with E-state index in [-0.39, 0.29) is 6.04 Å². The summed E-state index contributed by atoms with van der Waals surface area (Å²) in [5.74, 6) is 0. The van der Waals surface area contributed by atoms with E-state index < -0.39 is 13.5 Å². The summed E-state index contributed by atoms with van der Waals surface area (Å²) in [6.45, 7) is 13.8. The monoisotopic (exact) mass is 817 g/mol. The number of fused-ring (bicyclic) bond motifs is 5. The molecule has 1 heterocycles. The number of anilines is 3. The van der Waals surface area contributed by atoms with Gasteiger partial charge in [0, 0.05) is 40.0 Å². The van der Waals surface area contributed by atoms with Crippen LogP contribution in [0.1, 0.15) is 56.1 Å². The Labute approximate surface area is 368 Å². The average molecular weight is 818 g/mol. The second-order valence-electron chi connectivity index (χ2n) is 18.3. The van der Waals surface area contributed by atoms with Crippen LogP contribution in [0.15, 0.2) is 207 Å². The molecule has 2 nitrogen and oxygen atoms in total. The maximum absolute atomic E-state index is 2.55. The Kier molecular flexibility index (Phi) is 9.88. The highest BCUT2D eigenvalue weighted by Crippen LogP contribution is 2.60. The molecule has 0 radical (unpaired) electrons. The Bertz CT molecular complexity index is 2950. The van der Waals surface area contributed by atoms with Crippen molar-refractivity contribution in [1.82, 2.24) is 0 Å². The first-order valence-corrected chi connectivity index (χ1v) is 25.4. The van der Waals surface area contributed by atoms with Crippen LogP contribution in [0.3, 0.4) is 0 Å². The van der Waals surface area contributed by atoms with Gasteiger partial charge in [0.05, 0.1) is 19.2 Å². The molecule has 0 saturated carbocycles. The molecule has 0 bridgehead atoms. The highest BCUT2D eigenvalue weighted by atomic mass is 28.3. The Hall–Kier alpha value is -6.81. The molecule has 1 aliphatic rings. The van der Waals surface area contributed by atoms with Crippen LogP contribution in [-0.2, 0) is 5.41 Å². The lowest BCUT2D eigenvalue weighted by molar-refractivity contribution is -0.704. The molecule has 0 spiro atoms. The standard InChI is InChI=1S/C59H53N2Si/c1-41-21-27-44(28-22-41)58(60-37-35-50(36-38-60)62(4,5)6)45-29-34-53-54(39-45)59(46-15-9-7-10-16-46,47-17-11-8-12-18-47)55-40-56(51-19-13-14-20-52(51)57(53)55)61(48-30-23-42(2)24-31-48)49-32-25-43(3)26-33-49/h7-40,58H,1-6H3/q+1. The van der Waals surface area contributed by atoms with Crippen LogP contribution in [-0.4, -0.2) is 8.07 Å². The van der Waals surface area contributed by atoms with Gasteiger partial charge in [0.15, 0.2) is 12.4 Å². The highest BCUT2D eigenvalue weighted by molar-refractivity contribution is 6.88. The Morgan fingerprint density at radius 1 is 0.468 bits per heavy atom. The summed E-state index contributed by atoms with van der Waals surface area (Å²) in [7, 11) is -1.50. The zero-order valence-corrected chi connectivity index (χ0v) is 37.6. The Morgan fingerprint density at radius 2 is 0.952 bits per heavy atom. The minimum absolute atomic E-state index is 0.0320. The van der Waals surface area contributed by atoms with Gasteiger partial charge in [-0.15, -0.1) is 0 Å². The third kappa shape index (κ3) is 6.69. The van der Waals surface area contributed by atoms with Crippen molar-refractivity contribution in [3.8, 4) is 11.1 Å². The minimum atomic E-state index is -1.50. The van der Waals surface area contributed by atoms with E-state index in [1.54, 1.807) is 0 Å². The van der Waals surface area contributed by atoms with Crippen LogP contribution in [0.5, 0.6) is 0 Å². The van der Waals surface area contributed by atoms with Crippen molar-refractivity contribution in [2.45, 2.75) is 51.9 Å². The summed E-state index contributed by atoms with van der Waals surface area (Å²) < 4.78 is 2.42. The first-order valence-electron chi connectivity index (χ1n) is 21.9. The van der Waals surface area contributed by atoms with Gasteiger partial charge in [0.25, 0.3) is 0 Å². The number of nitrogens with zero attached hydrogens (tertiary/aromatic N) is 2. The smallest absolute Gasteiger partial charge is 0.208 e. The number of hydrogen-bond donors (Lipinski definition) is 0. The number of aryl methyl sites for hydroxylation is 3. The zero-order valence-electron chi connectivity index (χ0n) is 36.6. The van der Waals surface area contributed by atoms with Crippen LogP contribution in [0, 0.1) is 20.8 Å². The molecule has 1 atom stereocenters. The molecule has 62 heavy (non-hydrogen) atoms. The van der Waals surface area contributed by atoms with Crippen LogP contribution >= 0.6 is 0 Å². The summed E-state index contributed by atoms with van der Waals surface area (Å²) in [6.07, 6.45) is 4.62. The van der Waals surface area contributed by atoms with E-state index in [2.05, 4.69) is 256 Å². The third-order valence-corrected chi connectivity index (χ3v) is 15.2. The van der Waals surface area contributed by atoms with Crippen molar-refractivity contribution >= 4 is 41.1 Å². The summed E-state index contributed by atoms with van der Waals surface area (Å²) in [4.78, 5) is 2.46. The molecule has 302 valence electrons. The molecule has 3 heteroatoms. The third-order valence-electron chi connectivity index (χ3n) is 13.1. The summed E-state index contributed by atoms with van der Waals surface area (Å²) >= 11 is 0. The lowest BCUT2D eigenvalue weighted by atomic mass is 9.67. The number of pyridine rings is 1. The largest absolute Gasteiger partial charge is 0.310 e. The molecule has 0 aliphatic heterocycles. The van der Waals surface area contributed by atoms with Crippen molar-refractivity contribution in [1.29, 1.82) is 0 Å². The lowest BCUT2D eigenvalue weighted by Crippen LogP contribution is -2.45. The highest BCUT2D eigenvalue weighted by Gasteiger charge is 2.48. The number of benzene rings is 8. The van der Waals surface area contributed by atoms with E-state index >= 15 is 0 Å². The van der Waals surface area contributed by atoms with Gasteiger partial charge >= 0.3 is 0 Å². The fraction of sp³-hybridized carbons (Fsp3) is 0.136. The molecule has 0 fully saturated rings. The number of rotatable bonds is 9. The molecule has 8 aromatic carbocycles. The van der Waals surface area contributed by atoms with Gasteiger partial charge < -0.3 is 4.90 Å². The van der Waals surface area contributed by atoms with E-state index in [9.17, 15) is 0 Å².